The summed E-state index contributed by atoms with van der Waals surface area (Å²) in [5.74, 6) is -0.762. The fourth-order valence-corrected chi connectivity index (χ4v) is 2.56. The van der Waals surface area contributed by atoms with Crippen LogP contribution in [0.25, 0.3) is 0 Å². The van der Waals surface area contributed by atoms with Crippen LogP contribution in [0, 0.1) is 5.82 Å². The Balaban J connectivity index is 1.81. The summed E-state index contributed by atoms with van der Waals surface area (Å²) in [6.07, 6.45) is 4.39. The second kappa shape index (κ2) is 7.36. The monoisotopic (exact) mass is 280 g/mol. The van der Waals surface area contributed by atoms with Crippen LogP contribution in [-0.2, 0) is 9.53 Å². The van der Waals surface area contributed by atoms with E-state index in [9.17, 15) is 9.18 Å². The van der Waals surface area contributed by atoms with Crippen molar-refractivity contribution in [3.05, 3.63) is 30.1 Å². The molecule has 0 bridgehead atoms. The Kier molecular flexibility index (Phi) is 5.49. The quantitative estimate of drug-likeness (QED) is 0.870. The van der Waals surface area contributed by atoms with Crippen molar-refractivity contribution in [3.8, 4) is 0 Å². The Bertz CT molecular complexity index is 453. The molecule has 0 spiro atoms. The Morgan fingerprint density at radius 3 is 2.85 bits per heavy atom. The largest absolute Gasteiger partial charge is 0.367 e. The number of carbonyl (C=O) groups excluding carboxylic acids is 1. The Hall–Kier alpha value is -1.46. The summed E-state index contributed by atoms with van der Waals surface area (Å²) in [6.45, 7) is -0.0445. The Labute approximate surface area is 118 Å². The van der Waals surface area contributed by atoms with E-state index in [4.69, 9.17) is 4.74 Å². The number of carbonyl (C=O) groups is 1. The smallest absolute Gasteiger partial charge is 0.250 e. The zero-order valence-corrected chi connectivity index (χ0v) is 11.7. The van der Waals surface area contributed by atoms with Crippen LogP contribution in [0.2, 0.25) is 0 Å². The minimum atomic E-state index is -0.438. The van der Waals surface area contributed by atoms with Crippen LogP contribution in [0.5, 0.6) is 0 Å². The molecule has 1 aromatic carbocycles. The zero-order valence-electron chi connectivity index (χ0n) is 11.7. The van der Waals surface area contributed by atoms with Crippen LogP contribution in [0.1, 0.15) is 25.7 Å². The van der Waals surface area contributed by atoms with E-state index in [2.05, 4.69) is 10.6 Å². The third-order valence-electron chi connectivity index (χ3n) is 3.65. The van der Waals surface area contributed by atoms with Gasteiger partial charge in [-0.3, -0.25) is 4.79 Å². The highest BCUT2D eigenvalue weighted by molar-refractivity contribution is 5.91. The lowest BCUT2D eigenvalue weighted by molar-refractivity contribution is -0.123. The number of anilines is 1. The topological polar surface area (TPSA) is 50.4 Å². The predicted molar refractivity (Wildman–Crippen MR) is 76.1 cm³/mol. The van der Waals surface area contributed by atoms with Gasteiger partial charge in [-0.2, -0.15) is 0 Å². The Morgan fingerprint density at radius 1 is 1.35 bits per heavy atom. The molecule has 1 aliphatic rings. The first-order valence-corrected chi connectivity index (χ1v) is 7.04. The van der Waals surface area contributed by atoms with Gasteiger partial charge in [-0.15, -0.1) is 0 Å². The highest BCUT2D eigenvalue weighted by Crippen LogP contribution is 2.21. The molecule has 5 heteroatoms. The van der Waals surface area contributed by atoms with Crippen molar-refractivity contribution in [3.63, 3.8) is 0 Å². The van der Waals surface area contributed by atoms with Crippen LogP contribution in [0.4, 0.5) is 10.1 Å². The van der Waals surface area contributed by atoms with E-state index in [0.29, 0.717) is 6.04 Å². The molecular weight excluding hydrogens is 259 g/mol. The van der Waals surface area contributed by atoms with E-state index in [1.807, 2.05) is 7.05 Å². The molecule has 1 amide bonds. The summed E-state index contributed by atoms with van der Waals surface area (Å²) in [7, 11) is 1.91. The lowest BCUT2D eigenvalue weighted by Gasteiger charge is -2.30. The number of hydrogen-bond donors (Lipinski definition) is 2. The van der Waals surface area contributed by atoms with Gasteiger partial charge in [0.25, 0.3) is 0 Å². The van der Waals surface area contributed by atoms with Gasteiger partial charge in [-0.25, -0.2) is 4.39 Å². The molecule has 20 heavy (non-hydrogen) atoms. The molecule has 0 aromatic heterocycles. The van der Waals surface area contributed by atoms with Crippen LogP contribution >= 0.6 is 0 Å². The molecule has 0 heterocycles. The average Bonchev–Trinajstić information content (AvgIpc) is 2.48. The number of hydrogen-bond acceptors (Lipinski definition) is 3. The molecule has 2 N–H and O–H groups in total. The third-order valence-corrected chi connectivity index (χ3v) is 3.65. The maximum atomic E-state index is 13.4. The van der Waals surface area contributed by atoms with Gasteiger partial charge in [0.1, 0.15) is 12.4 Å². The predicted octanol–water partition coefficient (Wildman–Crippen LogP) is 2.31. The zero-order chi connectivity index (χ0) is 14.4. The number of para-hydroxylation sites is 1. The molecule has 2 atom stereocenters. The average molecular weight is 280 g/mol. The van der Waals surface area contributed by atoms with E-state index < -0.39 is 5.82 Å². The Morgan fingerprint density at radius 2 is 2.10 bits per heavy atom. The van der Waals surface area contributed by atoms with E-state index in [1.54, 1.807) is 12.1 Å². The summed E-state index contributed by atoms with van der Waals surface area (Å²) < 4.78 is 19.1. The number of amides is 1. The van der Waals surface area contributed by atoms with Crippen molar-refractivity contribution in [1.82, 2.24) is 5.32 Å². The lowest BCUT2D eigenvalue weighted by atomic mass is 9.92. The first-order chi connectivity index (χ1) is 9.70. The van der Waals surface area contributed by atoms with E-state index in [0.717, 1.165) is 19.3 Å². The number of likely N-dealkylation sites (N-methyl/N-ethyl adjacent to an activating group) is 1. The van der Waals surface area contributed by atoms with Crippen molar-refractivity contribution >= 4 is 11.6 Å². The van der Waals surface area contributed by atoms with E-state index in [1.165, 1.54) is 18.6 Å². The van der Waals surface area contributed by atoms with Gasteiger partial charge < -0.3 is 15.4 Å². The number of halogens is 1. The van der Waals surface area contributed by atoms with Gasteiger partial charge in [-0.1, -0.05) is 25.0 Å². The molecule has 4 nitrogen and oxygen atoms in total. The van der Waals surface area contributed by atoms with Crippen LogP contribution in [0.3, 0.4) is 0 Å². The van der Waals surface area contributed by atoms with Gasteiger partial charge in [0, 0.05) is 6.04 Å². The van der Waals surface area contributed by atoms with Crippen LogP contribution in [-0.4, -0.2) is 31.7 Å². The first-order valence-electron chi connectivity index (χ1n) is 7.04. The molecule has 1 aliphatic carbocycles. The van der Waals surface area contributed by atoms with Crippen molar-refractivity contribution in [2.24, 2.45) is 0 Å². The second-order valence-corrected chi connectivity index (χ2v) is 5.06. The third kappa shape index (κ3) is 4.02. The number of nitrogens with one attached hydrogen (secondary N) is 2. The van der Waals surface area contributed by atoms with Gasteiger partial charge in [0.2, 0.25) is 5.91 Å². The van der Waals surface area contributed by atoms with E-state index >= 15 is 0 Å². The first kappa shape index (κ1) is 14.9. The van der Waals surface area contributed by atoms with Gasteiger partial charge >= 0.3 is 0 Å². The molecule has 0 radical (unpaired) electrons. The molecule has 1 fully saturated rings. The SMILES string of the molecule is CNC1CCCCC1OCC(=O)Nc1ccccc1F. The number of ether oxygens (including phenoxy) is 1. The molecule has 1 saturated carbocycles. The number of rotatable bonds is 5. The molecule has 2 rings (SSSR count). The summed E-state index contributed by atoms with van der Waals surface area (Å²) in [6, 6.07) is 6.41. The van der Waals surface area contributed by atoms with Crippen LogP contribution in [0.15, 0.2) is 24.3 Å². The van der Waals surface area contributed by atoms with Crippen molar-refractivity contribution in [1.29, 1.82) is 0 Å². The highest BCUT2D eigenvalue weighted by Gasteiger charge is 2.24. The van der Waals surface area contributed by atoms with Crippen LogP contribution < -0.4 is 10.6 Å². The molecule has 2 unspecified atom stereocenters. The van der Waals surface area contributed by atoms with Gasteiger partial charge in [0.05, 0.1) is 11.8 Å². The minimum Gasteiger partial charge on any atom is -0.367 e. The summed E-state index contributed by atoms with van der Waals surface area (Å²) in [5, 5.41) is 5.74. The molecular formula is C15H21FN2O2. The molecule has 110 valence electrons. The van der Waals surface area contributed by atoms with Crippen molar-refractivity contribution in [2.45, 2.75) is 37.8 Å². The standard InChI is InChI=1S/C15H21FN2O2/c1-17-13-8-4-5-9-14(13)20-10-15(19)18-12-7-3-2-6-11(12)16/h2-3,6-7,13-14,17H,4-5,8-10H2,1H3,(H,18,19). The minimum absolute atomic E-state index is 0.0445. The van der Waals surface area contributed by atoms with E-state index in [-0.39, 0.29) is 24.3 Å². The fraction of sp³-hybridized carbons (Fsp3) is 0.533. The molecule has 0 saturated heterocycles. The lowest BCUT2D eigenvalue weighted by Crippen LogP contribution is -2.42. The van der Waals surface area contributed by atoms with Gasteiger partial charge in [0.15, 0.2) is 0 Å². The summed E-state index contributed by atoms with van der Waals surface area (Å²) in [5.41, 5.74) is 0.190. The second-order valence-electron chi connectivity index (χ2n) is 5.06. The molecule has 1 aromatic rings. The van der Waals surface area contributed by atoms with Crippen molar-refractivity contribution in [2.75, 3.05) is 19.0 Å². The maximum absolute atomic E-state index is 13.4. The van der Waals surface area contributed by atoms with Crippen molar-refractivity contribution < 1.29 is 13.9 Å². The maximum Gasteiger partial charge on any atom is 0.250 e. The fourth-order valence-electron chi connectivity index (χ4n) is 2.56. The van der Waals surface area contributed by atoms with Gasteiger partial charge in [-0.05, 0) is 32.0 Å². The number of benzene rings is 1. The summed E-state index contributed by atoms with van der Waals surface area (Å²) in [4.78, 5) is 11.8. The normalized spacial score (nSPS) is 22.5. The summed E-state index contributed by atoms with van der Waals surface area (Å²) >= 11 is 0. The highest BCUT2D eigenvalue weighted by atomic mass is 19.1. The molecule has 0 aliphatic heterocycles.